The molecule has 234 valence electrons. The molecule has 0 atom stereocenters. The fraction of sp³-hybridized carbons (Fsp3) is 0.400. The molecule has 0 saturated heterocycles. The third kappa shape index (κ3) is 8.46. The number of carbonyl (C=O) groups is 2. The second-order valence-corrected chi connectivity index (χ2v) is 11.5. The molecule has 2 aromatic rings. The number of fused-ring (bicyclic) bond motifs is 2. The van der Waals surface area contributed by atoms with Gasteiger partial charge in [0.25, 0.3) is 5.91 Å². The molecule has 1 N–H and O–H groups in total. The number of anilines is 1. The standard InChI is InChI=1S/C35H42ClN3O5/c1-38(2)27-11-13-29-32(22-27)44-33-23-28(39(3)4)12-14-30(33)34(29)31-21-25(9-10-26(31)24-40)35(41)37-16-18-43-20-19-42-17-8-6-5-7-15-36/h9-14,21-24H,5-8,15-20H2,1-4H3/p+1. The number of amides is 1. The maximum absolute atomic E-state index is 13.2. The molecule has 0 saturated carbocycles. The zero-order valence-electron chi connectivity index (χ0n) is 26.2. The molecule has 4 rings (SSSR count). The number of alkyl halides is 1. The van der Waals surface area contributed by atoms with Gasteiger partial charge in [0.05, 0.1) is 25.9 Å². The second kappa shape index (κ2) is 16.4. The lowest BCUT2D eigenvalue weighted by Crippen LogP contribution is -2.27. The predicted octanol–water partition coefficient (Wildman–Crippen LogP) is 5.68. The molecule has 0 bridgehead atoms. The van der Waals surface area contributed by atoms with Gasteiger partial charge in [0.15, 0.2) is 6.29 Å². The third-order valence-corrected chi connectivity index (χ3v) is 7.78. The van der Waals surface area contributed by atoms with Crippen LogP contribution >= 0.6 is 11.6 Å². The lowest BCUT2D eigenvalue weighted by Gasteiger charge is -2.19. The first-order valence-electron chi connectivity index (χ1n) is 15.1. The zero-order chi connectivity index (χ0) is 31.5. The number of ether oxygens (including phenoxy) is 2. The number of carbonyl (C=O) groups excluding carboxylic acids is 2. The third-order valence-electron chi connectivity index (χ3n) is 7.51. The number of benzene rings is 3. The van der Waals surface area contributed by atoms with Gasteiger partial charge < -0.3 is 24.1 Å². The van der Waals surface area contributed by atoms with Crippen molar-refractivity contribution < 1.29 is 23.5 Å². The van der Waals surface area contributed by atoms with Crippen LogP contribution in [0.4, 0.5) is 5.69 Å². The van der Waals surface area contributed by atoms with E-state index in [4.69, 9.17) is 25.5 Å². The van der Waals surface area contributed by atoms with E-state index in [0.717, 1.165) is 66.1 Å². The molecule has 0 unspecified atom stereocenters. The molecule has 0 aromatic heterocycles. The maximum Gasteiger partial charge on any atom is 0.251 e. The van der Waals surface area contributed by atoms with Crippen molar-refractivity contribution in [1.82, 2.24) is 9.89 Å². The average Bonchev–Trinajstić information content (AvgIpc) is 3.03. The molecule has 2 aromatic carbocycles. The molecule has 0 radical (unpaired) electrons. The Hall–Kier alpha value is -3.72. The zero-order valence-corrected chi connectivity index (χ0v) is 26.9. The van der Waals surface area contributed by atoms with Gasteiger partial charge in [-0.2, -0.15) is 0 Å². The summed E-state index contributed by atoms with van der Waals surface area (Å²) in [6, 6.07) is 17.2. The molecular formula is C35H43ClN3O5+. The summed E-state index contributed by atoms with van der Waals surface area (Å²) >= 11 is 5.69. The summed E-state index contributed by atoms with van der Waals surface area (Å²) < 4.78 is 19.7. The van der Waals surface area contributed by atoms with Gasteiger partial charge in [-0.1, -0.05) is 18.9 Å². The lowest BCUT2D eigenvalue weighted by atomic mass is 9.89. The van der Waals surface area contributed by atoms with Crippen LogP contribution in [0.15, 0.2) is 59.0 Å². The summed E-state index contributed by atoms with van der Waals surface area (Å²) in [4.78, 5) is 27.4. The number of unbranched alkanes of at least 4 members (excludes halogenated alkanes) is 3. The first-order valence-corrected chi connectivity index (χ1v) is 15.6. The molecule has 1 aliphatic heterocycles. The van der Waals surface area contributed by atoms with Crippen molar-refractivity contribution in [3.8, 4) is 22.5 Å². The molecule has 1 aliphatic carbocycles. The summed E-state index contributed by atoms with van der Waals surface area (Å²) in [6.45, 7) is 2.45. The molecule has 1 heterocycles. The predicted molar refractivity (Wildman–Crippen MR) is 178 cm³/mol. The van der Waals surface area contributed by atoms with Crippen molar-refractivity contribution in [2.24, 2.45) is 0 Å². The summed E-state index contributed by atoms with van der Waals surface area (Å²) in [7, 11) is 7.91. The van der Waals surface area contributed by atoms with Crippen LogP contribution < -0.4 is 20.1 Å². The monoisotopic (exact) mass is 620 g/mol. The van der Waals surface area contributed by atoms with Gasteiger partial charge in [0.2, 0.25) is 5.36 Å². The molecule has 1 amide bonds. The van der Waals surface area contributed by atoms with Crippen molar-refractivity contribution in [3.05, 3.63) is 71.1 Å². The highest BCUT2D eigenvalue weighted by molar-refractivity contribution is 6.17. The number of aldehydes is 1. The highest BCUT2D eigenvalue weighted by Crippen LogP contribution is 2.42. The Morgan fingerprint density at radius 2 is 1.68 bits per heavy atom. The van der Waals surface area contributed by atoms with Gasteiger partial charge in [0, 0.05) is 78.6 Å². The fourth-order valence-electron chi connectivity index (χ4n) is 5.04. The number of nitrogens with zero attached hydrogens (tertiary/aromatic N) is 2. The van der Waals surface area contributed by atoms with Gasteiger partial charge in [0.1, 0.15) is 25.4 Å². The minimum atomic E-state index is -0.237. The van der Waals surface area contributed by atoms with E-state index in [-0.39, 0.29) is 5.91 Å². The Balaban J connectivity index is 1.52. The quantitative estimate of drug-likeness (QED) is 0.0571. The van der Waals surface area contributed by atoms with E-state index in [9.17, 15) is 9.59 Å². The molecule has 8 nitrogen and oxygen atoms in total. The van der Waals surface area contributed by atoms with Gasteiger partial charge >= 0.3 is 0 Å². The van der Waals surface area contributed by atoms with Crippen LogP contribution in [0, 0.1) is 0 Å². The lowest BCUT2D eigenvalue weighted by molar-refractivity contribution is 0.0468. The van der Waals surface area contributed by atoms with E-state index in [1.807, 2.05) is 74.1 Å². The van der Waals surface area contributed by atoms with Crippen LogP contribution in [-0.4, -0.2) is 79.2 Å². The van der Waals surface area contributed by atoms with Crippen molar-refractivity contribution in [3.63, 3.8) is 0 Å². The fourth-order valence-corrected chi connectivity index (χ4v) is 5.23. The topological polar surface area (TPSA) is 84.0 Å². The SMILES string of the molecule is CN(C)c1ccc2c(-c3cc(C(=O)NCCOCCOCCCCCCCl)ccc3C=O)c3ccc(=[N+](C)C)cc-3oc2c1. The summed E-state index contributed by atoms with van der Waals surface area (Å²) in [5.74, 6) is 1.16. The van der Waals surface area contributed by atoms with Crippen molar-refractivity contribution in [2.75, 3.05) is 71.9 Å². The summed E-state index contributed by atoms with van der Waals surface area (Å²) in [5, 5.41) is 4.77. The molecule has 2 aliphatic rings. The second-order valence-electron chi connectivity index (χ2n) is 11.1. The van der Waals surface area contributed by atoms with E-state index < -0.39 is 0 Å². The summed E-state index contributed by atoms with van der Waals surface area (Å²) in [5.41, 5.74) is 5.00. The molecule has 0 fully saturated rings. The van der Waals surface area contributed by atoms with Crippen LogP contribution in [0.3, 0.4) is 0 Å². The Labute approximate surface area is 264 Å². The Bertz CT molecular complexity index is 1610. The molecule has 0 spiro atoms. The number of hydrogen-bond donors (Lipinski definition) is 1. The van der Waals surface area contributed by atoms with Crippen LogP contribution in [0.5, 0.6) is 0 Å². The van der Waals surface area contributed by atoms with E-state index in [1.54, 1.807) is 18.2 Å². The number of halogens is 1. The van der Waals surface area contributed by atoms with Crippen LogP contribution in [-0.2, 0) is 9.47 Å². The van der Waals surface area contributed by atoms with E-state index in [1.165, 1.54) is 0 Å². The summed E-state index contributed by atoms with van der Waals surface area (Å²) in [6.07, 6.45) is 5.15. The Morgan fingerprint density at radius 3 is 2.41 bits per heavy atom. The largest absolute Gasteiger partial charge is 0.456 e. The first-order chi connectivity index (χ1) is 21.3. The van der Waals surface area contributed by atoms with Gasteiger partial charge in [-0.15, -0.1) is 11.6 Å². The van der Waals surface area contributed by atoms with E-state index >= 15 is 0 Å². The number of hydrogen-bond acceptors (Lipinski definition) is 6. The Morgan fingerprint density at radius 1 is 0.909 bits per heavy atom. The number of nitrogens with one attached hydrogen (secondary N) is 1. The van der Waals surface area contributed by atoms with Crippen molar-refractivity contribution in [1.29, 1.82) is 0 Å². The highest BCUT2D eigenvalue weighted by Gasteiger charge is 2.21. The minimum Gasteiger partial charge on any atom is -0.456 e. The van der Waals surface area contributed by atoms with Gasteiger partial charge in [-0.3, -0.25) is 9.59 Å². The van der Waals surface area contributed by atoms with E-state index in [2.05, 4.69) is 5.32 Å². The Kier molecular flexibility index (Phi) is 12.4. The normalized spacial score (nSPS) is 11.2. The number of rotatable bonds is 16. The molecule has 9 heteroatoms. The molecular weight excluding hydrogens is 578 g/mol. The maximum atomic E-state index is 13.2. The van der Waals surface area contributed by atoms with Crippen LogP contribution in [0.2, 0.25) is 0 Å². The highest BCUT2D eigenvalue weighted by atomic mass is 35.5. The first kappa shape index (κ1) is 33.2. The van der Waals surface area contributed by atoms with Gasteiger partial charge in [-0.05, 0) is 48.7 Å². The average molecular weight is 621 g/mol. The van der Waals surface area contributed by atoms with Crippen LogP contribution in [0.1, 0.15) is 46.4 Å². The van der Waals surface area contributed by atoms with Crippen molar-refractivity contribution >= 4 is 40.5 Å². The minimum absolute atomic E-state index is 0.237. The van der Waals surface area contributed by atoms with Crippen molar-refractivity contribution in [2.45, 2.75) is 25.7 Å². The van der Waals surface area contributed by atoms with E-state index in [0.29, 0.717) is 60.3 Å². The smallest absolute Gasteiger partial charge is 0.251 e. The van der Waals surface area contributed by atoms with Crippen LogP contribution in [0.25, 0.3) is 33.4 Å². The van der Waals surface area contributed by atoms with Gasteiger partial charge in [-0.25, -0.2) is 4.58 Å². The molecule has 44 heavy (non-hydrogen) atoms.